The predicted molar refractivity (Wildman–Crippen MR) is 70.3 cm³/mol. The molecule has 0 unspecified atom stereocenters. The molecule has 0 saturated carbocycles. The largest absolute Gasteiger partial charge is 0.493 e. The average Bonchev–Trinajstić information content (AvgIpc) is 2.39. The highest BCUT2D eigenvalue weighted by atomic mass is 35.7. The van der Waals surface area contributed by atoms with Gasteiger partial charge in [-0.25, -0.2) is 13.4 Å². The smallest absolute Gasteiger partial charge is 0.266 e. The number of para-hydroxylation sites is 2. The van der Waals surface area contributed by atoms with Crippen LogP contribution in [-0.2, 0) is 9.05 Å². The molecule has 1 aromatic heterocycles. The van der Waals surface area contributed by atoms with Gasteiger partial charge in [-0.05, 0) is 24.3 Å². The van der Waals surface area contributed by atoms with E-state index in [1.165, 1.54) is 25.4 Å². The Labute approximate surface area is 115 Å². The van der Waals surface area contributed by atoms with Gasteiger partial charge in [-0.3, -0.25) is 0 Å². The lowest BCUT2D eigenvalue weighted by Crippen LogP contribution is -1.98. The van der Waals surface area contributed by atoms with Crippen molar-refractivity contribution in [1.82, 2.24) is 4.98 Å². The van der Waals surface area contributed by atoms with Crippen molar-refractivity contribution >= 4 is 19.7 Å². The standard InChI is InChI=1S/C12H10ClNO4S/c1-17-9-5-2-3-6-10(9)18-12-11(19(13,15)16)7-4-8-14-12/h2-8H,1H3. The van der Waals surface area contributed by atoms with Crippen LogP contribution in [0.25, 0.3) is 0 Å². The van der Waals surface area contributed by atoms with Crippen molar-refractivity contribution < 1.29 is 17.9 Å². The summed E-state index contributed by atoms with van der Waals surface area (Å²) in [5, 5.41) is 0. The van der Waals surface area contributed by atoms with Crippen LogP contribution in [0.1, 0.15) is 0 Å². The minimum atomic E-state index is -3.93. The molecule has 5 nitrogen and oxygen atoms in total. The zero-order valence-electron chi connectivity index (χ0n) is 9.91. The number of hydrogen-bond acceptors (Lipinski definition) is 5. The number of nitrogens with zero attached hydrogens (tertiary/aromatic N) is 1. The van der Waals surface area contributed by atoms with Gasteiger partial charge >= 0.3 is 0 Å². The van der Waals surface area contributed by atoms with Gasteiger partial charge in [-0.15, -0.1) is 0 Å². The van der Waals surface area contributed by atoms with Gasteiger partial charge in [-0.1, -0.05) is 12.1 Å². The molecule has 0 bridgehead atoms. The van der Waals surface area contributed by atoms with E-state index in [1.54, 1.807) is 24.3 Å². The van der Waals surface area contributed by atoms with Crippen LogP contribution in [0.15, 0.2) is 47.5 Å². The Hall–Kier alpha value is -1.79. The van der Waals surface area contributed by atoms with E-state index in [0.29, 0.717) is 11.5 Å². The van der Waals surface area contributed by atoms with E-state index in [2.05, 4.69) is 4.98 Å². The molecule has 19 heavy (non-hydrogen) atoms. The Kier molecular flexibility index (Phi) is 3.92. The molecule has 100 valence electrons. The second-order valence-corrected chi connectivity index (χ2v) is 6.03. The molecular formula is C12H10ClNO4S. The summed E-state index contributed by atoms with van der Waals surface area (Å²) in [4.78, 5) is 3.68. The van der Waals surface area contributed by atoms with Crippen molar-refractivity contribution in [3.05, 3.63) is 42.6 Å². The minimum absolute atomic E-state index is 0.0954. The number of aromatic nitrogens is 1. The maximum atomic E-state index is 11.4. The maximum absolute atomic E-state index is 11.4. The monoisotopic (exact) mass is 299 g/mol. The summed E-state index contributed by atoms with van der Waals surface area (Å²) in [6.45, 7) is 0. The molecule has 0 aliphatic carbocycles. The SMILES string of the molecule is COc1ccccc1Oc1ncccc1S(=O)(=O)Cl. The van der Waals surface area contributed by atoms with Gasteiger partial charge < -0.3 is 9.47 Å². The van der Waals surface area contributed by atoms with Gasteiger partial charge in [0.1, 0.15) is 4.90 Å². The Balaban J connectivity index is 2.45. The number of ether oxygens (including phenoxy) is 2. The van der Waals surface area contributed by atoms with Crippen molar-refractivity contribution in [1.29, 1.82) is 0 Å². The van der Waals surface area contributed by atoms with Crippen LogP contribution in [0.2, 0.25) is 0 Å². The van der Waals surface area contributed by atoms with E-state index >= 15 is 0 Å². The third kappa shape index (κ3) is 3.15. The van der Waals surface area contributed by atoms with Crippen molar-refractivity contribution in [3.8, 4) is 17.4 Å². The molecule has 0 N–H and O–H groups in total. The van der Waals surface area contributed by atoms with Crippen LogP contribution >= 0.6 is 10.7 Å². The van der Waals surface area contributed by atoms with Crippen molar-refractivity contribution in [2.45, 2.75) is 4.90 Å². The molecular weight excluding hydrogens is 290 g/mol. The number of benzene rings is 1. The van der Waals surface area contributed by atoms with E-state index in [4.69, 9.17) is 20.2 Å². The van der Waals surface area contributed by atoms with Crippen molar-refractivity contribution in [3.63, 3.8) is 0 Å². The van der Waals surface area contributed by atoms with Gasteiger partial charge in [0, 0.05) is 16.9 Å². The lowest BCUT2D eigenvalue weighted by Gasteiger charge is -2.10. The topological polar surface area (TPSA) is 65.5 Å². The molecule has 2 rings (SSSR count). The van der Waals surface area contributed by atoms with Crippen LogP contribution < -0.4 is 9.47 Å². The highest BCUT2D eigenvalue weighted by Gasteiger charge is 2.19. The molecule has 0 atom stereocenters. The first-order valence-corrected chi connectivity index (χ1v) is 7.54. The molecule has 1 aromatic carbocycles. The number of rotatable bonds is 4. The van der Waals surface area contributed by atoms with E-state index < -0.39 is 9.05 Å². The van der Waals surface area contributed by atoms with Crippen LogP contribution in [0, 0.1) is 0 Å². The summed E-state index contributed by atoms with van der Waals surface area (Å²) in [7, 11) is 2.88. The normalized spacial score (nSPS) is 11.1. The summed E-state index contributed by atoms with van der Waals surface area (Å²) >= 11 is 0. The van der Waals surface area contributed by atoms with Gasteiger partial charge in [0.2, 0.25) is 5.88 Å². The highest BCUT2D eigenvalue weighted by molar-refractivity contribution is 8.13. The Morgan fingerprint density at radius 2 is 1.79 bits per heavy atom. The molecule has 0 fully saturated rings. The lowest BCUT2D eigenvalue weighted by atomic mass is 10.3. The molecule has 7 heteroatoms. The van der Waals surface area contributed by atoms with E-state index in [-0.39, 0.29) is 10.8 Å². The first kappa shape index (κ1) is 13.6. The predicted octanol–water partition coefficient (Wildman–Crippen LogP) is 2.81. The lowest BCUT2D eigenvalue weighted by molar-refractivity contribution is 0.370. The molecule has 0 aliphatic heterocycles. The molecule has 0 amide bonds. The number of methoxy groups -OCH3 is 1. The van der Waals surface area contributed by atoms with Crippen LogP contribution in [-0.4, -0.2) is 20.5 Å². The van der Waals surface area contributed by atoms with E-state index in [1.807, 2.05) is 0 Å². The zero-order chi connectivity index (χ0) is 13.9. The fourth-order valence-electron chi connectivity index (χ4n) is 1.45. The van der Waals surface area contributed by atoms with E-state index in [9.17, 15) is 8.42 Å². The maximum Gasteiger partial charge on any atom is 0.266 e. The van der Waals surface area contributed by atoms with Crippen LogP contribution in [0.4, 0.5) is 0 Å². The van der Waals surface area contributed by atoms with E-state index in [0.717, 1.165) is 0 Å². The molecule has 0 aliphatic rings. The van der Waals surface area contributed by atoms with Gasteiger partial charge in [0.25, 0.3) is 9.05 Å². The number of halogens is 1. The number of hydrogen-bond donors (Lipinski definition) is 0. The van der Waals surface area contributed by atoms with Crippen molar-refractivity contribution in [2.75, 3.05) is 7.11 Å². The quantitative estimate of drug-likeness (QED) is 0.812. The minimum Gasteiger partial charge on any atom is -0.493 e. The van der Waals surface area contributed by atoms with Gasteiger partial charge in [-0.2, -0.15) is 0 Å². The van der Waals surface area contributed by atoms with Gasteiger partial charge in [0.05, 0.1) is 7.11 Å². The second kappa shape index (κ2) is 5.46. The fraction of sp³-hybridized carbons (Fsp3) is 0.0833. The Morgan fingerprint density at radius 1 is 1.11 bits per heavy atom. The third-order valence-electron chi connectivity index (χ3n) is 2.27. The zero-order valence-corrected chi connectivity index (χ0v) is 11.5. The summed E-state index contributed by atoms with van der Waals surface area (Å²) in [5.41, 5.74) is 0. The average molecular weight is 300 g/mol. The summed E-state index contributed by atoms with van der Waals surface area (Å²) in [6.07, 6.45) is 1.41. The molecule has 0 spiro atoms. The second-order valence-electron chi connectivity index (χ2n) is 3.50. The summed E-state index contributed by atoms with van der Waals surface area (Å²) < 4.78 is 33.4. The first-order chi connectivity index (χ1) is 9.02. The van der Waals surface area contributed by atoms with Crippen molar-refractivity contribution in [2.24, 2.45) is 0 Å². The van der Waals surface area contributed by atoms with Gasteiger partial charge in [0.15, 0.2) is 11.5 Å². The summed E-state index contributed by atoms with van der Waals surface area (Å²) in [6, 6.07) is 9.61. The highest BCUT2D eigenvalue weighted by Crippen LogP contribution is 2.33. The Bertz CT molecular complexity index is 688. The Morgan fingerprint density at radius 3 is 2.42 bits per heavy atom. The fourth-order valence-corrected chi connectivity index (χ4v) is 2.34. The molecule has 0 saturated heterocycles. The summed E-state index contributed by atoms with van der Waals surface area (Å²) in [5.74, 6) is 0.721. The van der Waals surface area contributed by atoms with Crippen LogP contribution in [0.3, 0.4) is 0 Å². The third-order valence-corrected chi connectivity index (χ3v) is 3.61. The molecule has 2 aromatic rings. The number of pyridine rings is 1. The first-order valence-electron chi connectivity index (χ1n) is 5.23. The van der Waals surface area contributed by atoms with Crippen LogP contribution in [0.5, 0.6) is 17.4 Å². The molecule has 1 heterocycles. The molecule has 0 radical (unpaired) electrons.